The number of fused-ring (bicyclic) bond motifs is 15. The van der Waals surface area contributed by atoms with E-state index >= 15 is 0 Å². The van der Waals surface area contributed by atoms with Crippen LogP contribution in [0.5, 0.6) is 0 Å². The molecule has 9 aromatic rings. The zero-order valence-electron chi connectivity index (χ0n) is 40.3. The molecule has 9 aromatic carbocycles. The van der Waals surface area contributed by atoms with E-state index in [2.05, 4.69) is 247 Å². The van der Waals surface area contributed by atoms with E-state index in [4.69, 9.17) is 0 Å². The summed E-state index contributed by atoms with van der Waals surface area (Å²) in [6.07, 6.45) is 2.36. The molecular formula is C66H54BN2. The topological polar surface area (TPSA) is 15.3 Å². The molecule has 0 atom stereocenters. The number of nitrogens with zero attached hydrogens (tertiary/aromatic N) is 1. The minimum absolute atomic E-state index is 0.0865. The van der Waals surface area contributed by atoms with Crippen molar-refractivity contribution in [2.24, 2.45) is 0 Å². The summed E-state index contributed by atoms with van der Waals surface area (Å²) in [6, 6.07) is 71.6. The van der Waals surface area contributed by atoms with Crippen LogP contribution in [0.2, 0.25) is 0 Å². The fourth-order valence-electron chi connectivity index (χ4n) is 13.8. The lowest BCUT2D eigenvalue weighted by Gasteiger charge is -2.48. The summed E-state index contributed by atoms with van der Waals surface area (Å²) >= 11 is 0. The molecule has 14 rings (SSSR count). The highest BCUT2D eigenvalue weighted by Gasteiger charge is 2.53. The van der Waals surface area contributed by atoms with Gasteiger partial charge in [0.25, 0.3) is 0 Å². The first-order valence-electron chi connectivity index (χ1n) is 25.0. The van der Waals surface area contributed by atoms with Crippen LogP contribution in [-0.4, -0.2) is 7.28 Å². The van der Waals surface area contributed by atoms with Crippen LogP contribution >= 0.6 is 0 Å². The molecule has 2 heterocycles. The Morgan fingerprint density at radius 3 is 1.77 bits per heavy atom. The number of para-hydroxylation sites is 2. The predicted molar refractivity (Wildman–Crippen MR) is 290 cm³/mol. The van der Waals surface area contributed by atoms with Gasteiger partial charge in [0.05, 0.1) is 11.1 Å². The van der Waals surface area contributed by atoms with Crippen LogP contribution in [0, 0.1) is 0 Å². The molecule has 69 heavy (non-hydrogen) atoms. The standard InChI is InChI=1S/C66H54BN2/c1-63(2)35-36-64(3,4)54-39-42(31-33-51(54)63)68-56-34-32-46-45-23-10-13-24-48(45)65(5,6)60(46)59(56)47-37-41(40-19-8-7-9-20-40)38-58-61(47)67-55-29-18-28-53-62(55)69(58)57-30-17-16-27-52(57)66(53)49-25-14-11-21-43(49)44-22-12-15-26-50(44)66/h7-34,37-39,68H,35-36H2,1-6H3. The summed E-state index contributed by atoms with van der Waals surface area (Å²) in [6.45, 7) is 14.6. The quantitative estimate of drug-likeness (QED) is 0.177. The molecule has 0 unspecified atom stereocenters. The summed E-state index contributed by atoms with van der Waals surface area (Å²) in [4.78, 5) is 2.63. The molecule has 1 radical (unpaired) electrons. The second-order valence-electron chi connectivity index (χ2n) is 22.1. The van der Waals surface area contributed by atoms with Gasteiger partial charge in [-0.15, -0.1) is 0 Å². The van der Waals surface area contributed by atoms with Crippen molar-refractivity contribution >= 4 is 46.6 Å². The number of benzene rings is 9. The molecule has 5 aliphatic rings. The van der Waals surface area contributed by atoms with E-state index in [1.807, 2.05) is 0 Å². The van der Waals surface area contributed by atoms with Crippen molar-refractivity contribution in [3.63, 3.8) is 0 Å². The first kappa shape index (κ1) is 40.7. The molecular weight excluding hydrogens is 832 g/mol. The van der Waals surface area contributed by atoms with Crippen LogP contribution in [0.3, 0.4) is 0 Å². The summed E-state index contributed by atoms with van der Waals surface area (Å²) in [5.41, 5.74) is 29.0. The van der Waals surface area contributed by atoms with E-state index in [1.165, 1.54) is 130 Å². The van der Waals surface area contributed by atoms with Crippen molar-refractivity contribution in [1.29, 1.82) is 0 Å². The third-order valence-corrected chi connectivity index (χ3v) is 17.1. The Hall–Kier alpha value is -7.36. The lowest BCUT2D eigenvalue weighted by Crippen LogP contribution is -2.47. The van der Waals surface area contributed by atoms with Gasteiger partial charge in [-0.05, 0) is 149 Å². The highest BCUT2D eigenvalue weighted by molar-refractivity contribution is 6.73. The third kappa shape index (κ3) is 5.45. The molecule has 0 amide bonds. The third-order valence-electron chi connectivity index (χ3n) is 17.1. The van der Waals surface area contributed by atoms with E-state index in [1.54, 1.807) is 0 Å². The van der Waals surface area contributed by atoms with Crippen molar-refractivity contribution in [2.45, 2.75) is 76.0 Å². The monoisotopic (exact) mass is 885 g/mol. The van der Waals surface area contributed by atoms with Crippen LogP contribution < -0.4 is 21.1 Å². The minimum atomic E-state index is -0.483. The normalized spacial score (nSPS) is 17.0. The van der Waals surface area contributed by atoms with Crippen molar-refractivity contribution < 1.29 is 0 Å². The van der Waals surface area contributed by atoms with Gasteiger partial charge in [0.15, 0.2) is 7.28 Å². The molecule has 1 N–H and O–H groups in total. The van der Waals surface area contributed by atoms with Gasteiger partial charge in [-0.2, -0.15) is 0 Å². The minimum Gasteiger partial charge on any atom is -0.355 e. The Morgan fingerprint density at radius 2 is 1.04 bits per heavy atom. The van der Waals surface area contributed by atoms with Gasteiger partial charge < -0.3 is 10.2 Å². The van der Waals surface area contributed by atoms with Crippen LogP contribution in [0.15, 0.2) is 188 Å². The van der Waals surface area contributed by atoms with Crippen molar-refractivity contribution in [1.82, 2.24) is 0 Å². The second kappa shape index (κ2) is 14.1. The van der Waals surface area contributed by atoms with E-state index < -0.39 is 5.41 Å². The average Bonchev–Trinajstić information content (AvgIpc) is 3.79. The molecule has 3 heteroatoms. The van der Waals surface area contributed by atoms with E-state index in [9.17, 15) is 0 Å². The molecule has 0 saturated heterocycles. The van der Waals surface area contributed by atoms with Crippen LogP contribution in [-0.2, 0) is 21.7 Å². The van der Waals surface area contributed by atoms with E-state index in [0.29, 0.717) is 0 Å². The zero-order valence-corrected chi connectivity index (χ0v) is 40.3. The first-order valence-corrected chi connectivity index (χ1v) is 25.0. The van der Waals surface area contributed by atoms with Crippen LogP contribution in [0.25, 0.3) is 44.5 Å². The average molecular weight is 886 g/mol. The Kier molecular flexibility index (Phi) is 8.32. The number of hydrogen-bond acceptors (Lipinski definition) is 2. The molecule has 0 fully saturated rings. The van der Waals surface area contributed by atoms with Crippen LogP contribution in [0.4, 0.5) is 28.4 Å². The SMILES string of the molecule is CC1(C)CCC(C)(C)c2cc(Nc3ccc4c(c3-c3cc(-c5ccccc5)cc5c3[B]c3cccc6c3N5c3ccccc3C63c5ccccc5-c5ccccc53)C(C)(C)c3ccccc3-4)ccc21. The van der Waals surface area contributed by atoms with Crippen molar-refractivity contribution in [2.75, 3.05) is 10.2 Å². The molecule has 0 saturated carbocycles. The lowest BCUT2D eigenvalue weighted by molar-refractivity contribution is 0.332. The molecule has 3 aliphatic carbocycles. The van der Waals surface area contributed by atoms with Crippen molar-refractivity contribution in [3.8, 4) is 44.5 Å². The molecule has 2 nitrogen and oxygen atoms in total. The van der Waals surface area contributed by atoms with Gasteiger partial charge in [-0.1, -0.05) is 199 Å². The lowest BCUT2D eigenvalue weighted by atomic mass is 9.54. The maximum atomic E-state index is 4.15. The van der Waals surface area contributed by atoms with Crippen molar-refractivity contribution in [3.05, 3.63) is 233 Å². The smallest absolute Gasteiger partial charge is 0.197 e. The fraction of sp³-hybridized carbons (Fsp3) is 0.182. The number of nitrogens with one attached hydrogen (secondary N) is 1. The van der Waals surface area contributed by atoms with Gasteiger partial charge >= 0.3 is 0 Å². The molecule has 2 aliphatic heterocycles. The number of rotatable bonds is 4. The van der Waals surface area contributed by atoms with Gasteiger partial charge in [-0.25, -0.2) is 0 Å². The highest BCUT2D eigenvalue weighted by Crippen LogP contribution is 2.64. The van der Waals surface area contributed by atoms with Crippen LogP contribution in [0.1, 0.15) is 98.9 Å². The van der Waals surface area contributed by atoms with Gasteiger partial charge in [-0.3, -0.25) is 0 Å². The Balaban J connectivity index is 1.06. The van der Waals surface area contributed by atoms with Gasteiger partial charge in [0.1, 0.15) is 0 Å². The fourth-order valence-corrected chi connectivity index (χ4v) is 13.8. The maximum Gasteiger partial charge on any atom is 0.197 e. The number of hydrogen-bond donors (Lipinski definition) is 1. The molecule has 331 valence electrons. The van der Waals surface area contributed by atoms with E-state index in [-0.39, 0.29) is 16.2 Å². The first-order chi connectivity index (χ1) is 33.5. The predicted octanol–water partition coefficient (Wildman–Crippen LogP) is 15.5. The second-order valence-corrected chi connectivity index (χ2v) is 22.1. The molecule has 1 spiro atoms. The summed E-state index contributed by atoms with van der Waals surface area (Å²) in [5, 5.41) is 4.15. The molecule has 0 aromatic heterocycles. The van der Waals surface area contributed by atoms with Gasteiger partial charge in [0.2, 0.25) is 0 Å². The largest absolute Gasteiger partial charge is 0.355 e. The van der Waals surface area contributed by atoms with Gasteiger partial charge in [0, 0.05) is 33.7 Å². The zero-order chi connectivity index (χ0) is 46.6. The maximum absolute atomic E-state index is 4.15. The number of anilines is 5. The summed E-state index contributed by atoms with van der Waals surface area (Å²) in [7, 11) is 2.52. The summed E-state index contributed by atoms with van der Waals surface area (Å²) < 4.78 is 0. The summed E-state index contributed by atoms with van der Waals surface area (Å²) in [5.74, 6) is 0. The Morgan fingerprint density at radius 1 is 0.435 bits per heavy atom. The molecule has 0 bridgehead atoms. The Bertz CT molecular complexity index is 3620. The van der Waals surface area contributed by atoms with E-state index in [0.717, 1.165) is 11.4 Å². The highest BCUT2D eigenvalue weighted by atomic mass is 15.2. The Labute approximate surface area is 408 Å².